The van der Waals surface area contributed by atoms with Gasteiger partial charge in [0.25, 0.3) is 5.91 Å². The normalized spacial score (nSPS) is 10.7. The van der Waals surface area contributed by atoms with Gasteiger partial charge in [-0.05, 0) is 55.7 Å². The molecule has 29 heavy (non-hydrogen) atoms. The van der Waals surface area contributed by atoms with E-state index in [4.69, 9.17) is 9.47 Å². The molecule has 6 nitrogen and oxygen atoms in total. The summed E-state index contributed by atoms with van der Waals surface area (Å²) in [5.41, 5.74) is 3.74. The maximum absolute atomic E-state index is 12.4. The van der Waals surface area contributed by atoms with Gasteiger partial charge in [-0.15, -0.1) is 0 Å². The summed E-state index contributed by atoms with van der Waals surface area (Å²) < 4.78 is 10.9. The molecule has 154 valence electrons. The number of allylic oxidation sites excluding steroid dienone is 1. The summed E-state index contributed by atoms with van der Waals surface area (Å²) in [5, 5.41) is 2.85. The van der Waals surface area contributed by atoms with E-state index in [2.05, 4.69) is 5.32 Å². The molecule has 2 amide bonds. The lowest BCUT2D eigenvalue weighted by Crippen LogP contribution is -2.37. The van der Waals surface area contributed by atoms with Crippen LogP contribution >= 0.6 is 0 Å². The average Bonchev–Trinajstić information content (AvgIpc) is 2.69. The number of anilines is 1. The van der Waals surface area contributed by atoms with Crippen molar-refractivity contribution in [2.75, 3.05) is 32.6 Å². The maximum Gasteiger partial charge on any atom is 0.260 e. The summed E-state index contributed by atoms with van der Waals surface area (Å²) in [6.45, 7) is 5.56. The van der Waals surface area contributed by atoms with Crippen LogP contribution in [0.25, 0.3) is 6.08 Å². The number of carbonyl (C=O) groups excluding carboxylic acids is 2. The van der Waals surface area contributed by atoms with Crippen molar-refractivity contribution < 1.29 is 19.1 Å². The SMILES string of the molecule is C/C=C/c1ccc(OCC(=O)N(C)CC(=O)Nc2cc(C)ccc2C)c(OC)c1. The topological polar surface area (TPSA) is 67.9 Å². The summed E-state index contributed by atoms with van der Waals surface area (Å²) >= 11 is 0. The lowest BCUT2D eigenvalue weighted by Gasteiger charge is -2.18. The number of benzene rings is 2. The molecule has 2 aromatic rings. The Balaban J connectivity index is 1.92. The van der Waals surface area contributed by atoms with Crippen molar-refractivity contribution in [1.82, 2.24) is 4.90 Å². The van der Waals surface area contributed by atoms with Crippen LogP contribution in [-0.2, 0) is 9.59 Å². The lowest BCUT2D eigenvalue weighted by atomic mass is 10.1. The van der Waals surface area contributed by atoms with Crippen molar-refractivity contribution in [1.29, 1.82) is 0 Å². The first-order valence-electron chi connectivity index (χ1n) is 9.38. The van der Waals surface area contributed by atoms with Gasteiger partial charge in [-0.1, -0.05) is 30.4 Å². The molecule has 0 saturated heterocycles. The van der Waals surface area contributed by atoms with E-state index in [0.717, 1.165) is 22.4 Å². The molecule has 2 rings (SSSR count). The van der Waals surface area contributed by atoms with E-state index in [9.17, 15) is 9.59 Å². The Morgan fingerprint density at radius 3 is 2.55 bits per heavy atom. The Hall–Kier alpha value is -3.28. The lowest BCUT2D eigenvalue weighted by molar-refractivity contribution is -0.135. The molecule has 0 fully saturated rings. The van der Waals surface area contributed by atoms with Crippen molar-refractivity contribution >= 4 is 23.6 Å². The second-order valence-corrected chi connectivity index (χ2v) is 6.82. The van der Waals surface area contributed by atoms with E-state index in [0.29, 0.717) is 11.5 Å². The van der Waals surface area contributed by atoms with Crippen molar-refractivity contribution in [3.05, 3.63) is 59.2 Å². The molecular formula is C23H28N2O4. The minimum atomic E-state index is -0.305. The fraction of sp³-hybridized carbons (Fsp3) is 0.304. The third-order valence-electron chi connectivity index (χ3n) is 4.37. The molecular weight excluding hydrogens is 368 g/mol. The largest absolute Gasteiger partial charge is 0.493 e. The minimum absolute atomic E-state index is 0.0626. The highest BCUT2D eigenvalue weighted by atomic mass is 16.5. The zero-order valence-corrected chi connectivity index (χ0v) is 17.6. The quantitative estimate of drug-likeness (QED) is 0.737. The number of nitrogens with one attached hydrogen (secondary N) is 1. The second-order valence-electron chi connectivity index (χ2n) is 6.82. The van der Waals surface area contributed by atoms with Crippen LogP contribution in [0.5, 0.6) is 11.5 Å². The van der Waals surface area contributed by atoms with Gasteiger partial charge < -0.3 is 19.7 Å². The first kappa shape index (κ1) is 22.0. The third kappa shape index (κ3) is 6.38. The smallest absolute Gasteiger partial charge is 0.260 e. The molecule has 0 aliphatic heterocycles. The van der Waals surface area contributed by atoms with E-state index in [1.807, 2.05) is 63.3 Å². The van der Waals surface area contributed by atoms with Crippen LogP contribution in [0.4, 0.5) is 5.69 Å². The predicted molar refractivity (Wildman–Crippen MR) is 115 cm³/mol. The standard InChI is InChI=1S/C23H28N2O4/c1-6-7-18-10-11-20(21(13-18)28-5)29-15-23(27)25(4)14-22(26)24-19-12-16(2)8-9-17(19)3/h6-13H,14-15H2,1-5H3,(H,24,26)/b7-6+. The summed E-state index contributed by atoms with van der Waals surface area (Å²) in [6, 6.07) is 11.3. The predicted octanol–water partition coefficient (Wildman–Crippen LogP) is 3.82. The molecule has 1 N–H and O–H groups in total. The van der Waals surface area contributed by atoms with Crippen molar-refractivity contribution in [2.24, 2.45) is 0 Å². The van der Waals surface area contributed by atoms with Crippen LogP contribution in [0.1, 0.15) is 23.6 Å². The Morgan fingerprint density at radius 2 is 1.86 bits per heavy atom. The van der Waals surface area contributed by atoms with Gasteiger partial charge in [0.15, 0.2) is 18.1 Å². The van der Waals surface area contributed by atoms with Crippen LogP contribution in [0.2, 0.25) is 0 Å². The molecule has 0 bridgehead atoms. The van der Waals surface area contributed by atoms with E-state index in [1.165, 1.54) is 4.90 Å². The number of ether oxygens (including phenoxy) is 2. The van der Waals surface area contributed by atoms with Gasteiger partial charge in [0.05, 0.1) is 13.7 Å². The van der Waals surface area contributed by atoms with Gasteiger partial charge in [0.1, 0.15) is 0 Å². The first-order valence-corrected chi connectivity index (χ1v) is 9.38. The van der Waals surface area contributed by atoms with Gasteiger partial charge in [-0.3, -0.25) is 9.59 Å². The van der Waals surface area contributed by atoms with Gasteiger partial charge in [-0.2, -0.15) is 0 Å². The zero-order valence-electron chi connectivity index (χ0n) is 17.6. The van der Waals surface area contributed by atoms with E-state index in [-0.39, 0.29) is 25.0 Å². The summed E-state index contributed by atoms with van der Waals surface area (Å²) in [5.74, 6) is 0.453. The monoisotopic (exact) mass is 396 g/mol. The number of amides is 2. The number of hydrogen-bond acceptors (Lipinski definition) is 4. The Labute approximate surface area is 172 Å². The van der Waals surface area contributed by atoms with E-state index in [1.54, 1.807) is 20.2 Å². The number of methoxy groups -OCH3 is 1. The molecule has 0 atom stereocenters. The minimum Gasteiger partial charge on any atom is -0.493 e. The molecule has 0 saturated carbocycles. The number of aryl methyl sites for hydroxylation is 2. The van der Waals surface area contributed by atoms with Crippen LogP contribution < -0.4 is 14.8 Å². The van der Waals surface area contributed by atoms with E-state index >= 15 is 0 Å². The number of hydrogen-bond donors (Lipinski definition) is 1. The number of carbonyl (C=O) groups is 2. The molecule has 0 heterocycles. The van der Waals surface area contributed by atoms with Crippen LogP contribution in [0.3, 0.4) is 0 Å². The molecule has 2 aromatic carbocycles. The zero-order chi connectivity index (χ0) is 21.4. The molecule has 0 radical (unpaired) electrons. The van der Waals surface area contributed by atoms with Crippen molar-refractivity contribution in [2.45, 2.75) is 20.8 Å². The van der Waals surface area contributed by atoms with Gasteiger partial charge in [-0.25, -0.2) is 0 Å². The van der Waals surface area contributed by atoms with Gasteiger partial charge in [0.2, 0.25) is 5.91 Å². The fourth-order valence-electron chi connectivity index (χ4n) is 2.71. The molecule has 6 heteroatoms. The Kier molecular flexibility index (Phi) is 7.83. The van der Waals surface area contributed by atoms with Crippen molar-refractivity contribution in [3.8, 4) is 11.5 Å². The first-order chi connectivity index (χ1) is 13.8. The number of likely N-dealkylation sites (N-methyl/N-ethyl adjacent to an activating group) is 1. The van der Waals surface area contributed by atoms with Crippen LogP contribution in [0, 0.1) is 13.8 Å². The van der Waals surface area contributed by atoms with Crippen LogP contribution in [-0.4, -0.2) is 44.0 Å². The third-order valence-corrected chi connectivity index (χ3v) is 4.37. The second kappa shape index (κ2) is 10.3. The highest BCUT2D eigenvalue weighted by Crippen LogP contribution is 2.28. The molecule has 0 aliphatic carbocycles. The van der Waals surface area contributed by atoms with Gasteiger partial charge in [0, 0.05) is 12.7 Å². The summed E-state index contributed by atoms with van der Waals surface area (Å²) in [7, 11) is 3.12. The van der Waals surface area contributed by atoms with E-state index < -0.39 is 0 Å². The van der Waals surface area contributed by atoms with Crippen molar-refractivity contribution in [3.63, 3.8) is 0 Å². The maximum atomic E-state index is 12.4. The fourth-order valence-corrected chi connectivity index (χ4v) is 2.71. The molecule has 0 aromatic heterocycles. The van der Waals surface area contributed by atoms with Gasteiger partial charge >= 0.3 is 0 Å². The Morgan fingerprint density at radius 1 is 1.10 bits per heavy atom. The summed E-state index contributed by atoms with van der Waals surface area (Å²) in [4.78, 5) is 26.0. The highest BCUT2D eigenvalue weighted by molar-refractivity contribution is 5.95. The molecule has 0 spiro atoms. The molecule has 0 unspecified atom stereocenters. The molecule has 0 aliphatic rings. The Bertz CT molecular complexity index is 906. The number of nitrogens with zero attached hydrogens (tertiary/aromatic N) is 1. The highest BCUT2D eigenvalue weighted by Gasteiger charge is 2.15. The summed E-state index contributed by atoms with van der Waals surface area (Å²) in [6.07, 6.45) is 3.87. The van der Waals surface area contributed by atoms with Crippen LogP contribution in [0.15, 0.2) is 42.5 Å². The number of rotatable bonds is 8. The average molecular weight is 396 g/mol.